The van der Waals surface area contributed by atoms with Gasteiger partial charge < -0.3 is 19.5 Å². The van der Waals surface area contributed by atoms with Crippen LogP contribution in [0.4, 0.5) is 5.69 Å². The Morgan fingerprint density at radius 3 is 1.91 bits per heavy atom. The van der Waals surface area contributed by atoms with Crippen LogP contribution in [0.2, 0.25) is 0 Å². The Labute approximate surface area is 193 Å². The number of carbonyl (C=O) groups excluding carboxylic acids is 1. The third-order valence-electron chi connectivity index (χ3n) is 5.02. The summed E-state index contributed by atoms with van der Waals surface area (Å²) in [6.45, 7) is 0.872. The Hall–Kier alpha value is -4.25. The maximum Gasteiger partial charge on any atom is 0.255 e. The number of carbonyl (C=O) groups is 1. The number of hydrogen-bond acceptors (Lipinski definition) is 4. The molecule has 1 N–H and O–H groups in total. The third-order valence-corrected chi connectivity index (χ3v) is 5.02. The van der Waals surface area contributed by atoms with Gasteiger partial charge in [0, 0.05) is 11.3 Å². The van der Waals surface area contributed by atoms with E-state index in [0.717, 1.165) is 16.9 Å². The van der Waals surface area contributed by atoms with Crippen LogP contribution in [0.5, 0.6) is 17.2 Å². The third kappa shape index (κ3) is 6.14. The van der Waals surface area contributed by atoms with E-state index in [1.165, 1.54) is 0 Å². The van der Waals surface area contributed by atoms with Crippen molar-refractivity contribution in [2.45, 2.75) is 13.2 Å². The first-order chi connectivity index (χ1) is 16.2. The topological polar surface area (TPSA) is 56.8 Å². The molecule has 0 heterocycles. The molecule has 0 aliphatic rings. The van der Waals surface area contributed by atoms with Gasteiger partial charge in [-0.1, -0.05) is 60.7 Å². The summed E-state index contributed by atoms with van der Waals surface area (Å²) >= 11 is 0. The van der Waals surface area contributed by atoms with Gasteiger partial charge in [0.15, 0.2) is 11.5 Å². The van der Waals surface area contributed by atoms with E-state index in [9.17, 15) is 4.79 Å². The number of benzene rings is 4. The largest absolute Gasteiger partial charge is 0.493 e. The van der Waals surface area contributed by atoms with Crippen molar-refractivity contribution in [2.24, 2.45) is 0 Å². The minimum absolute atomic E-state index is 0.236. The highest BCUT2D eigenvalue weighted by atomic mass is 16.5. The molecule has 0 saturated carbocycles. The molecule has 4 rings (SSSR count). The molecule has 4 aromatic carbocycles. The van der Waals surface area contributed by atoms with Crippen LogP contribution in [0.15, 0.2) is 103 Å². The van der Waals surface area contributed by atoms with Crippen LogP contribution in [-0.4, -0.2) is 13.0 Å². The van der Waals surface area contributed by atoms with Crippen molar-refractivity contribution in [2.75, 3.05) is 12.4 Å². The van der Waals surface area contributed by atoms with Gasteiger partial charge in [0.1, 0.15) is 19.0 Å². The second-order valence-electron chi connectivity index (χ2n) is 7.39. The Balaban J connectivity index is 1.38. The van der Waals surface area contributed by atoms with Crippen molar-refractivity contribution in [1.82, 2.24) is 0 Å². The standard InChI is InChI=1S/C28H25NO4/c1-31-26-17-12-23(18-27(26)33-20-22-10-6-3-7-11-22)28(30)29-24-13-15-25(16-14-24)32-19-21-8-4-2-5-9-21/h2-18H,19-20H2,1H3,(H,29,30). The lowest BCUT2D eigenvalue weighted by molar-refractivity contribution is 0.102. The highest BCUT2D eigenvalue weighted by molar-refractivity contribution is 6.04. The smallest absolute Gasteiger partial charge is 0.255 e. The normalized spacial score (nSPS) is 10.3. The van der Waals surface area contributed by atoms with Gasteiger partial charge in [-0.15, -0.1) is 0 Å². The van der Waals surface area contributed by atoms with E-state index in [2.05, 4.69) is 5.32 Å². The molecule has 0 aliphatic carbocycles. The van der Waals surface area contributed by atoms with Gasteiger partial charge in [-0.2, -0.15) is 0 Å². The fourth-order valence-corrected chi connectivity index (χ4v) is 3.24. The van der Waals surface area contributed by atoms with Gasteiger partial charge in [-0.3, -0.25) is 4.79 Å². The molecule has 0 aliphatic heterocycles. The number of rotatable bonds is 9. The van der Waals surface area contributed by atoms with Crippen LogP contribution in [0.1, 0.15) is 21.5 Å². The van der Waals surface area contributed by atoms with E-state index in [4.69, 9.17) is 14.2 Å². The summed E-state index contributed by atoms with van der Waals surface area (Å²) in [7, 11) is 1.58. The number of hydrogen-bond donors (Lipinski definition) is 1. The average molecular weight is 440 g/mol. The molecule has 4 aromatic rings. The summed E-state index contributed by atoms with van der Waals surface area (Å²) in [6.07, 6.45) is 0. The maximum atomic E-state index is 12.8. The number of anilines is 1. The molecule has 0 aromatic heterocycles. The molecule has 0 atom stereocenters. The van der Waals surface area contributed by atoms with Crippen LogP contribution in [0.3, 0.4) is 0 Å². The van der Waals surface area contributed by atoms with Crippen molar-refractivity contribution in [3.8, 4) is 17.2 Å². The van der Waals surface area contributed by atoms with E-state index in [-0.39, 0.29) is 5.91 Å². The predicted octanol–water partition coefficient (Wildman–Crippen LogP) is 6.11. The molecule has 0 radical (unpaired) electrons. The number of ether oxygens (including phenoxy) is 3. The first kappa shape index (κ1) is 22.0. The van der Waals surface area contributed by atoms with Crippen molar-refractivity contribution < 1.29 is 19.0 Å². The fraction of sp³-hybridized carbons (Fsp3) is 0.107. The molecule has 0 saturated heterocycles. The van der Waals surface area contributed by atoms with Gasteiger partial charge >= 0.3 is 0 Å². The second-order valence-corrected chi connectivity index (χ2v) is 7.39. The zero-order valence-electron chi connectivity index (χ0n) is 18.4. The molecular weight excluding hydrogens is 414 g/mol. The Bertz CT molecular complexity index is 1180. The van der Waals surface area contributed by atoms with Gasteiger partial charge in [-0.25, -0.2) is 0 Å². The molecule has 0 bridgehead atoms. The first-order valence-electron chi connectivity index (χ1n) is 10.6. The van der Waals surface area contributed by atoms with Gasteiger partial charge in [0.2, 0.25) is 0 Å². The van der Waals surface area contributed by atoms with Crippen molar-refractivity contribution in [1.29, 1.82) is 0 Å². The second kappa shape index (κ2) is 10.9. The summed E-state index contributed by atoms with van der Waals surface area (Å²) in [4.78, 5) is 12.8. The highest BCUT2D eigenvalue weighted by Crippen LogP contribution is 2.29. The summed E-state index contributed by atoms with van der Waals surface area (Å²) in [5, 5.41) is 2.91. The highest BCUT2D eigenvalue weighted by Gasteiger charge is 2.12. The van der Waals surface area contributed by atoms with Gasteiger partial charge in [0.25, 0.3) is 5.91 Å². The van der Waals surface area contributed by atoms with E-state index in [1.807, 2.05) is 84.9 Å². The summed E-state index contributed by atoms with van der Waals surface area (Å²) < 4.78 is 17.1. The minimum Gasteiger partial charge on any atom is -0.493 e. The summed E-state index contributed by atoms with van der Waals surface area (Å²) in [5.41, 5.74) is 3.28. The van der Waals surface area contributed by atoms with Gasteiger partial charge in [-0.05, 0) is 53.6 Å². The number of methoxy groups -OCH3 is 1. The average Bonchev–Trinajstić information content (AvgIpc) is 2.88. The molecular formula is C28H25NO4. The van der Waals surface area contributed by atoms with Crippen LogP contribution in [-0.2, 0) is 13.2 Å². The zero-order valence-corrected chi connectivity index (χ0v) is 18.4. The fourth-order valence-electron chi connectivity index (χ4n) is 3.24. The van der Waals surface area contributed by atoms with Gasteiger partial charge in [0.05, 0.1) is 7.11 Å². The van der Waals surface area contributed by atoms with Crippen LogP contribution < -0.4 is 19.5 Å². The Morgan fingerprint density at radius 2 is 1.30 bits per heavy atom. The molecule has 0 unspecified atom stereocenters. The monoisotopic (exact) mass is 439 g/mol. The Morgan fingerprint density at radius 1 is 0.697 bits per heavy atom. The minimum atomic E-state index is -0.236. The molecule has 5 nitrogen and oxygen atoms in total. The quantitative estimate of drug-likeness (QED) is 0.342. The van der Waals surface area contributed by atoms with Crippen molar-refractivity contribution >= 4 is 11.6 Å². The van der Waals surface area contributed by atoms with E-state index in [1.54, 1.807) is 25.3 Å². The molecule has 0 fully saturated rings. The predicted molar refractivity (Wildman–Crippen MR) is 129 cm³/mol. The lowest BCUT2D eigenvalue weighted by Gasteiger charge is -2.13. The SMILES string of the molecule is COc1ccc(C(=O)Nc2ccc(OCc3ccccc3)cc2)cc1OCc1ccccc1. The zero-order chi connectivity index (χ0) is 22.9. The molecule has 0 spiro atoms. The van der Waals surface area contributed by atoms with E-state index >= 15 is 0 Å². The van der Waals surface area contributed by atoms with E-state index < -0.39 is 0 Å². The molecule has 5 heteroatoms. The molecule has 1 amide bonds. The van der Waals surface area contributed by atoms with Crippen LogP contribution in [0, 0.1) is 0 Å². The summed E-state index contributed by atoms with van der Waals surface area (Å²) in [6, 6.07) is 32.2. The summed E-state index contributed by atoms with van der Waals surface area (Å²) in [5.74, 6) is 1.58. The van der Waals surface area contributed by atoms with Crippen LogP contribution in [0.25, 0.3) is 0 Å². The number of nitrogens with one attached hydrogen (secondary N) is 1. The first-order valence-corrected chi connectivity index (χ1v) is 10.6. The Kier molecular flexibility index (Phi) is 7.23. The van der Waals surface area contributed by atoms with Crippen molar-refractivity contribution in [3.05, 3.63) is 120 Å². The molecule has 33 heavy (non-hydrogen) atoms. The van der Waals surface area contributed by atoms with Crippen molar-refractivity contribution in [3.63, 3.8) is 0 Å². The van der Waals surface area contributed by atoms with E-state index in [0.29, 0.717) is 36.0 Å². The molecule has 166 valence electrons. The number of amides is 1. The lowest BCUT2D eigenvalue weighted by atomic mass is 10.1. The lowest BCUT2D eigenvalue weighted by Crippen LogP contribution is -2.12. The van der Waals surface area contributed by atoms with Crippen LogP contribution >= 0.6 is 0 Å². The maximum absolute atomic E-state index is 12.8.